The molecule has 0 saturated heterocycles. The van der Waals surface area contributed by atoms with Crippen LogP contribution in [0.2, 0.25) is 0 Å². The largest absolute Gasteiger partial charge is 0.497 e. The van der Waals surface area contributed by atoms with E-state index in [0.29, 0.717) is 6.61 Å². The lowest BCUT2D eigenvalue weighted by Gasteiger charge is -2.06. The number of carbonyl (C=O) groups excluding carboxylic acids is 1. The number of benzene rings is 1. The number of ether oxygens (including phenoxy) is 2. The Kier molecular flexibility index (Phi) is 4.49. The summed E-state index contributed by atoms with van der Waals surface area (Å²) in [5, 5.41) is -0.272. The van der Waals surface area contributed by atoms with Crippen LogP contribution in [0.4, 0.5) is 4.79 Å². The van der Waals surface area contributed by atoms with Gasteiger partial charge in [0.25, 0.3) is 0 Å². The van der Waals surface area contributed by atoms with Crippen LogP contribution in [-0.2, 0) is 4.74 Å². The van der Waals surface area contributed by atoms with Crippen LogP contribution in [0.15, 0.2) is 23.1 Å². The first-order valence-corrected chi connectivity index (χ1v) is 5.48. The number of thioether (sulfide) groups is 1. The maximum Gasteiger partial charge on any atom is 0.372 e. The third-order valence-corrected chi connectivity index (χ3v) is 2.80. The topological polar surface area (TPSA) is 35.5 Å². The lowest BCUT2D eigenvalue weighted by Crippen LogP contribution is -1.96. The monoisotopic (exact) mass is 226 g/mol. The minimum atomic E-state index is -0.272. The molecular formula is C11H14O3S. The molecule has 1 aromatic carbocycles. The molecule has 0 aliphatic carbocycles. The summed E-state index contributed by atoms with van der Waals surface area (Å²) in [5.74, 6) is 0.792. The highest BCUT2D eigenvalue weighted by atomic mass is 32.2. The van der Waals surface area contributed by atoms with Crippen LogP contribution in [0.1, 0.15) is 12.5 Å². The number of rotatable bonds is 3. The fourth-order valence-electron chi connectivity index (χ4n) is 1.10. The minimum absolute atomic E-state index is 0.272. The summed E-state index contributed by atoms with van der Waals surface area (Å²) in [6.45, 7) is 4.13. The summed E-state index contributed by atoms with van der Waals surface area (Å²) in [6, 6.07) is 5.58. The van der Waals surface area contributed by atoms with Gasteiger partial charge >= 0.3 is 5.30 Å². The maximum atomic E-state index is 11.2. The molecular weight excluding hydrogens is 212 g/mol. The van der Waals surface area contributed by atoms with Crippen molar-refractivity contribution in [1.29, 1.82) is 0 Å². The lowest BCUT2D eigenvalue weighted by atomic mass is 10.2. The van der Waals surface area contributed by atoms with Gasteiger partial charge in [-0.1, -0.05) is 0 Å². The molecule has 4 heteroatoms. The molecule has 1 aromatic rings. The fraction of sp³-hybridized carbons (Fsp3) is 0.364. The zero-order valence-corrected chi connectivity index (χ0v) is 9.89. The van der Waals surface area contributed by atoms with Crippen LogP contribution in [0, 0.1) is 6.92 Å². The van der Waals surface area contributed by atoms with Crippen molar-refractivity contribution < 1.29 is 14.3 Å². The second-order valence-electron chi connectivity index (χ2n) is 2.92. The van der Waals surface area contributed by atoms with E-state index in [2.05, 4.69) is 0 Å². The third kappa shape index (κ3) is 3.47. The SMILES string of the molecule is CCOC(=O)Sc1ccc(OC)cc1C. The number of hydrogen-bond acceptors (Lipinski definition) is 4. The van der Waals surface area contributed by atoms with Crippen LogP contribution in [0.25, 0.3) is 0 Å². The lowest BCUT2D eigenvalue weighted by molar-refractivity contribution is 0.181. The van der Waals surface area contributed by atoms with E-state index in [0.717, 1.165) is 28.0 Å². The number of aryl methyl sites for hydroxylation is 1. The van der Waals surface area contributed by atoms with Crippen LogP contribution in [-0.4, -0.2) is 19.0 Å². The van der Waals surface area contributed by atoms with E-state index in [1.807, 2.05) is 25.1 Å². The molecule has 0 bridgehead atoms. The predicted molar refractivity (Wildman–Crippen MR) is 60.6 cm³/mol. The molecule has 0 fully saturated rings. The van der Waals surface area contributed by atoms with Gasteiger partial charge in [-0.25, -0.2) is 4.79 Å². The highest BCUT2D eigenvalue weighted by molar-refractivity contribution is 8.13. The van der Waals surface area contributed by atoms with E-state index >= 15 is 0 Å². The predicted octanol–water partition coefficient (Wildman–Crippen LogP) is 3.25. The zero-order chi connectivity index (χ0) is 11.3. The number of hydrogen-bond donors (Lipinski definition) is 0. The van der Waals surface area contributed by atoms with Gasteiger partial charge in [0.05, 0.1) is 13.7 Å². The molecule has 0 aliphatic heterocycles. The zero-order valence-electron chi connectivity index (χ0n) is 9.07. The highest BCUT2D eigenvalue weighted by Gasteiger charge is 2.08. The van der Waals surface area contributed by atoms with Gasteiger partial charge in [0, 0.05) is 4.90 Å². The van der Waals surface area contributed by atoms with E-state index in [9.17, 15) is 4.79 Å². The summed E-state index contributed by atoms with van der Waals surface area (Å²) in [5.41, 5.74) is 1.01. The van der Waals surface area contributed by atoms with Crippen LogP contribution in [0.3, 0.4) is 0 Å². The first kappa shape index (κ1) is 11.9. The van der Waals surface area contributed by atoms with Crippen molar-refractivity contribution in [2.24, 2.45) is 0 Å². The van der Waals surface area contributed by atoms with Gasteiger partial charge < -0.3 is 9.47 Å². The van der Waals surface area contributed by atoms with Crippen molar-refractivity contribution in [2.75, 3.05) is 13.7 Å². The quantitative estimate of drug-likeness (QED) is 0.585. The summed E-state index contributed by atoms with van der Waals surface area (Å²) in [7, 11) is 1.62. The molecule has 0 heterocycles. The van der Waals surface area contributed by atoms with Gasteiger partial charge in [-0.15, -0.1) is 0 Å². The van der Waals surface area contributed by atoms with Crippen molar-refractivity contribution in [1.82, 2.24) is 0 Å². The molecule has 0 amide bonds. The van der Waals surface area contributed by atoms with Crippen molar-refractivity contribution in [3.63, 3.8) is 0 Å². The average molecular weight is 226 g/mol. The smallest absolute Gasteiger partial charge is 0.372 e. The Morgan fingerprint density at radius 3 is 2.73 bits per heavy atom. The second-order valence-corrected chi connectivity index (χ2v) is 3.89. The van der Waals surface area contributed by atoms with Gasteiger partial charge in [0.2, 0.25) is 0 Å². The van der Waals surface area contributed by atoms with Crippen LogP contribution >= 0.6 is 11.8 Å². The summed E-state index contributed by atoms with van der Waals surface area (Å²) < 4.78 is 9.93. The first-order valence-electron chi connectivity index (χ1n) is 4.66. The number of methoxy groups -OCH3 is 1. The van der Waals surface area contributed by atoms with E-state index in [-0.39, 0.29) is 5.30 Å². The standard InChI is InChI=1S/C11H14O3S/c1-4-14-11(12)15-10-6-5-9(13-3)7-8(10)2/h5-7H,4H2,1-3H3. The molecule has 0 saturated carbocycles. The third-order valence-electron chi connectivity index (χ3n) is 1.84. The Hall–Kier alpha value is -1.16. The van der Waals surface area contributed by atoms with Crippen molar-refractivity contribution >= 4 is 17.1 Å². The van der Waals surface area contributed by atoms with Gasteiger partial charge in [-0.2, -0.15) is 0 Å². The Morgan fingerprint density at radius 1 is 1.47 bits per heavy atom. The van der Waals surface area contributed by atoms with Gasteiger partial charge in [-0.05, 0) is 49.4 Å². The summed E-state index contributed by atoms with van der Waals surface area (Å²) >= 11 is 1.10. The van der Waals surface area contributed by atoms with Gasteiger partial charge in [-0.3, -0.25) is 0 Å². The molecule has 15 heavy (non-hydrogen) atoms. The Morgan fingerprint density at radius 2 is 2.20 bits per heavy atom. The maximum absolute atomic E-state index is 11.2. The Bertz CT molecular complexity index is 350. The molecule has 0 radical (unpaired) electrons. The van der Waals surface area contributed by atoms with Gasteiger partial charge in [0.1, 0.15) is 5.75 Å². The van der Waals surface area contributed by atoms with E-state index in [4.69, 9.17) is 9.47 Å². The molecule has 0 unspecified atom stereocenters. The van der Waals surface area contributed by atoms with Crippen molar-refractivity contribution in [2.45, 2.75) is 18.7 Å². The molecule has 0 atom stereocenters. The van der Waals surface area contributed by atoms with E-state index in [1.165, 1.54) is 0 Å². The normalized spacial score (nSPS) is 9.80. The van der Waals surface area contributed by atoms with Gasteiger partial charge in [0.15, 0.2) is 0 Å². The first-order chi connectivity index (χ1) is 7.17. The fourth-order valence-corrected chi connectivity index (χ4v) is 1.81. The Balaban J connectivity index is 2.73. The highest BCUT2D eigenvalue weighted by Crippen LogP contribution is 2.27. The molecule has 0 N–H and O–H groups in total. The van der Waals surface area contributed by atoms with Crippen molar-refractivity contribution in [3.8, 4) is 5.75 Å². The molecule has 82 valence electrons. The van der Waals surface area contributed by atoms with E-state index in [1.54, 1.807) is 14.0 Å². The van der Waals surface area contributed by atoms with Crippen LogP contribution in [0.5, 0.6) is 5.75 Å². The van der Waals surface area contributed by atoms with Crippen LogP contribution < -0.4 is 4.74 Å². The van der Waals surface area contributed by atoms with E-state index < -0.39 is 0 Å². The Labute approximate surface area is 93.8 Å². The summed E-state index contributed by atoms with van der Waals surface area (Å²) in [6.07, 6.45) is 0. The molecule has 0 spiro atoms. The van der Waals surface area contributed by atoms with Crippen molar-refractivity contribution in [3.05, 3.63) is 23.8 Å². The summed E-state index contributed by atoms with van der Waals surface area (Å²) in [4.78, 5) is 12.1. The number of carbonyl (C=O) groups is 1. The second kappa shape index (κ2) is 5.66. The molecule has 0 aromatic heterocycles. The average Bonchev–Trinajstić information content (AvgIpc) is 2.21. The molecule has 3 nitrogen and oxygen atoms in total. The minimum Gasteiger partial charge on any atom is -0.497 e. The molecule has 1 rings (SSSR count). The molecule has 0 aliphatic rings.